The van der Waals surface area contributed by atoms with Gasteiger partial charge in [-0.15, -0.1) is 11.3 Å². The molecule has 1 N–H and O–H groups in total. The van der Waals surface area contributed by atoms with Gasteiger partial charge in [-0.2, -0.15) is 0 Å². The van der Waals surface area contributed by atoms with Crippen molar-refractivity contribution < 1.29 is 13.2 Å². The molecule has 0 atom stereocenters. The van der Waals surface area contributed by atoms with Gasteiger partial charge < -0.3 is 5.32 Å². The monoisotopic (exact) mass is 278 g/mol. The topological polar surface area (TPSA) is 24.9 Å². The molecule has 1 aromatic carbocycles. The molecule has 0 aliphatic rings. The lowest BCUT2D eigenvalue weighted by Gasteiger charge is -2.06. The number of nitrogens with zero attached hydrogens (tertiary/aromatic N) is 1. The predicted molar refractivity (Wildman–Crippen MR) is 60.8 cm³/mol. The third-order valence-corrected chi connectivity index (χ3v) is 3.11. The van der Waals surface area contributed by atoms with Crippen molar-refractivity contribution in [2.75, 3.05) is 5.32 Å². The van der Waals surface area contributed by atoms with Gasteiger partial charge >= 0.3 is 0 Å². The molecule has 0 radical (unpaired) electrons. The number of halogens is 4. The van der Waals surface area contributed by atoms with Crippen LogP contribution in [0, 0.1) is 17.5 Å². The molecule has 0 aliphatic carbocycles. The van der Waals surface area contributed by atoms with Crippen LogP contribution in [0.15, 0.2) is 18.3 Å². The predicted octanol–water partition coefficient (Wildman–Crippen LogP) is 3.83. The zero-order valence-corrected chi connectivity index (χ0v) is 9.88. The summed E-state index contributed by atoms with van der Waals surface area (Å²) >= 11 is 6.89. The van der Waals surface area contributed by atoms with Crippen molar-refractivity contribution in [1.82, 2.24) is 4.98 Å². The molecule has 0 aliphatic heterocycles. The summed E-state index contributed by atoms with van der Waals surface area (Å²) in [5.41, 5.74) is -0.116. The Bertz CT molecular complexity index is 544. The molecule has 2 rings (SSSR count). The van der Waals surface area contributed by atoms with Gasteiger partial charge in [0.2, 0.25) is 0 Å². The second-order valence-electron chi connectivity index (χ2n) is 3.13. The summed E-state index contributed by atoms with van der Waals surface area (Å²) in [5, 5.41) is 3.24. The molecule has 0 bridgehead atoms. The maximum absolute atomic E-state index is 13.2. The minimum absolute atomic E-state index is 0.116. The largest absolute Gasteiger partial charge is 0.376 e. The number of anilines is 1. The van der Waals surface area contributed by atoms with E-state index >= 15 is 0 Å². The fourth-order valence-corrected chi connectivity index (χ4v) is 2.10. The van der Waals surface area contributed by atoms with Gasteiger partial charge in [-0.25, -0.2) is 18.2 Å². The van der Waals surface area contributed by atoms with E-state index in [0.717, 1.165) is 12.1 Å². The summed E-state index contributed by atoms with van der Waals surface area (Å²) in [7, 11) is 0. The molecule has 17 heavy (non-hydrogen) atoms. The summed E-state index contributed by atoms with van der Waals surface area (Å²) in [5.74, 6) is -3.95. The minimum atomic E-state index is -1.49. The standard InChI is InChI=1S/C10H6ClF3N2S/c11-7-3-16-8(17-7)4-15-6-2-1-5(12)9(13)10(6)14/h1-3,15H,4H2. The van der Waals surface area contributed by atoms with E-state index in [1.54, 1.807) is 0 Å². The van der Waals surface area contributed by atoms with Crippen LogP contribution in [0.5, 0.6) is 0 Å². The number of benzene rings is 1. The highest BCUT2D eigenvalue weighted by molar-refractivity contribution is 7.15. The van der Waals surface area contributed by atoms with Crippen LogP contribution in [-0.4, -0.2) is 4.98 Å². The Labute approximate surface area is 104 Å². The highest BCUT2D eigenvalue weighted by Crippen LogP contribution is 2.22. The molecular formula is C10H6ClF3N2S. The van der Waals surface area contributed by atoms with Gasteiger partial charge in [0.25, 0.3) is 0 Å². The average Bonchev–Trinajstić information content (AvgIpc) is 2.71. The number of aromatic nitrogens is 1. The van der Waals surface area contributed by atoms with Crippen molar-refractivity contribution in [3.8, 4) is 0 Å². The van der Waals surface area contributed by atoms with Crippen molar-refractivity contribution >= 4 is 28.6 Å². The Balaban J connectivity index is 2.12. The van der Waals surface area contributed by atoms with Gasteiger partial charge in [0.05, 0.1) is 18.4 Å². The van der Waals surface area contributed by atoms with Crippen molar-refractivity contribution in [2.45, 2.75) is 6.54 Å². The van der Waals surface area contributed by atoms with Crippen LogP contribution in [-0.2, 0) is 6.54 Å². The van der Waals surface area contributed by atoms with Crippen LogP contribution in [0.4, 0.5) is 18.9 Å². The molecule has 0 spiro atoms. The Morgan fingerprint density at radius 3 is 2.65 bits per heavy atom. The molecule has 1 aromatic heterocycles. The van der Waals surface area contributed by atoms with Gasteiger partial charge in [-0.3, -0.25) is 0 Å². The van der Waals surface area contributed by atoms with Gasteiger partial charge in [-0.05, 0) is 12.1 Å². The van der Waals surface area contributed by atoms with E-state index in [0.29, 0.717) is 9.34 Å². The summed E-state index contributed by atoms with van der Waals surface area (Å²) < 4.78 is 39.3. The van der Waals surface area contributed by atoms with E-state index in [4.69, 9.17) is 11.6 Å². The Morgan fingerprint density at radius 2 is 2.00 bits per heavy atom. The molecular weight excluding hydrogens is 273 g/mol. The van der Waals surface area contributed by atoms with Crippen LogP contribution >= 0.6 is 22.9 Å². The van der Waals surface area contributed by atoms with Crippen LogP contribution in [0.25, 0.3) is 0 Å². The molecule has 90 valence electrons. The summed E-state index contributed by atoms with van der Waals surface area (Å²) in [4.78, 5) is 3.93. The van der Waals surface area contributed by atoms with Gasteiger partial charge in [0.1, 0.15) is 9.34 Å². The van der Waals surface area contributed by atoms with E-state index in [1.807, 2.05) is 0 Å². The van der Waals surface area contributed by atoms with Crippen molar-refractivity contribution in [3.05, 3.63) is 45.1 Å². The van der Waals surface area contributed by atoms with Crippen LogP contribution in [0.2, 0.25) is 4.34 Å². The van der Waals surface area contributed by atoms with Crippen molar-refractivity contribution in [1.29, 1.82) is 0 Å². The molecule has 2 nitrogen and oxygen atoms in total. The lowest BCUT2D eigenvalue weighted by molar-refractivity contribution is 0.449. The number of nitrogens with one attached hydrogen (secondary N) is 1. The summed E-state index contributed by atoms with van der Waals surface area (Å²) in [6, 6.07) is 1.98. The van der Waals surface area contributed by atoms with E-state index in [1.165, 1.54) is 17.5 Å². The summed E-state index contributed by atoms with van der Waals surface area (Å²) in [6.45, 7) is 0.194. The Kier molecular flexibility index (Phi) is 3.54. The normalized spacial score (nSPS) is 10.6. The second-order valence-corrected chi connectivity index (χ2v) is 4.88. The molecule has 0 fully saturated rings. The number of thiazole rings is 1. The van der Waals surface area contributed by atoms with Crippen LogP contribution in [0.1, 0.15) is 5.01 Å². The first-order valence-corrected chi connectivity index (χ1v) is 5.75. The molecule has 0 saturated heterocycles. The van der Waals surface area contributed by atoms with Crippen molar-refractivity contribution in [2.24, 2.45) is 0 Å². The first-order valence-electron chi connectivity index (χ1n) is 4.55. The number of hydrogen-bond donors (Lipinski definition) is 1. The molecule has 2 aromatic rings. The fourth-order valence-electron chi connectivity index (χ4n) is 1.20. The summed E-state index contributed by atoms with van der Waals surface area (Å²) in [6.07, 6.45) is 1.46. The first kappa shape index (κ1) is 12.2. The van der Waals surface area contributed by atoms with E-state index in [2.05, 4.69) is 10.3 Å². The Hall–Kier alpha value is -1.27. The second kappa shape index (κ2) is 4.93. The highest BCUT2D eigenvalue weighted by atomic mass is 35.5. The minimum Gasteiger partial charge on any atom is -0.376 e. The third kappa shape index (κ3) is 2.70. The van der Waals surface area contributed by atoms with Gasteiger partial charge in [0, 0.05) is 0 Å². The van der Waals surface area contributed by atoms with Crippen LogP contribution < -0.4 is 5.32 Å². The molecule has 0 amide bonds. The first-order chi connectivity index (χ1) is 8.08. The molecule has 1 heterocycles. The third-order valence-electron chi connectivity index (χ3n) is 1.99. The lowest BCUT2D eigenvalue weighted by Crippen LogP contribution is -2.03. The smallest absolute Gasteiger partial charge is 0.196 e. The van der Waals surface area contributed by atoms with E-state index < -0.39 is 17.5 Å². The van der Waals surface area contributed by atoms with E-state index in [-0.39, 0.29) is 12.2 Å². The lowest BCUT2D eigenvalue weighted by atomic mass is 10.3. The SMILES string of the molecule is Fc1ccc(NCc2ncc(Cl)s2)c(F)c1F. The maximum Gasteiger partial charge on any atom is 0.196 e. The zero-order valence-electron chi connectivity index (χ0n) is 8.31. The fraction of sp³-hybridized carbons (Fsp3) is 0.100. The Morgan fingerprint density at radius 1 is 1.24 bits per heavy atom. The zero-order chi connectivity index (χ0) is 12.4. The molecule has 0 unspecified atom stereocenters. The highest BCUT2D eigenvalue weighted by Gasteiger charge is 2.13. The van der Waals surface area contributed by atoms with Crippen LogP contribution in [0.3, 0.4) is 0 Å². The molecule has 7 heteroatoms. The average molecular weight is 279 g/mol. The van der Waals surface area contributed by atoms with E-state index in [9.17, 15) is 13.2 Å². The molecule has 0 saturated carbocycles. The number of rotatable bonds is 3. The van der Waals surface area contributed by atoms with Crippen molar-refractivity contribution in [3.63, 3.8) is 0 Å². The number of hydrogen-bond acceptors (Lipinski definition) is 3. The van der Waals surface area contributed by atoms with Gasteiger partial charge in [0.15, 0.2) is 17.5 Å². The maximum atomic E-state index is 13.2. The van der Waals surface area contributed by atoms with Gasteiger partial charge in [-0.1, -0.05) is 11.6 Å². The quantitative estimate of drug-likeness (QED) is 0.863.